The molecule has 0 spiro atoms. The van der Waals surface area contributed by atoms with Gasteiger partial charge < -0.3 is 15.0 Å². The van der Waals surface area contributed by atoms with E-state index in [4.69, 9.17) is 4.74 Å². The number of carbonyl (C=O) groups is 1. The van der Waals surface area contributed by atoms with Crippen molar-refractivity contribution in [3.63, 3.8) is 0 Å². The van der Waals surface area contributed by atoms with Gasteiger partial charge in [0, 0.05) is 30.4 Å². The number of urea groups is 1. The van der Waals surface area contributed by atoms with Crippen LogP contribution in [0.5, 0.6) is 11.5 Å². The first-order valence-electron chi connectivity index (χ1n) is 9.45. The van der Waals surface area contributed by atoms with Crippen molar-refractivity contribution in [1.82, 2.24) is 20.1 Å². The van der Waals surface area contributed by atoms with Crippen molar-refractivity contribution in [2.75, 3.05) is 11.9 Å². The molecule has 0 bridgehead atoms. The zero-order valence-corrected chi connectivity index (χ0v) is 15.6. The smallest absolute Gasteiger partial charge is 0.322 e. The number of pyridine rings is 1. The number of para-hydroxylation sites is 1. The molecule has 1 aliphatic heterocycles. The van der Waals surface area contributed by atoms with Crippen molar-refractivity contribution in [2.45, 2.75) is 13.0 Å². The van der Waals surface area contributed by atoms with Crippen molar-refractivity contribution >= 4 is 22.8 Å². The fourth-order valence-electron chi connectivity index (χ4n) is 3.56. The molecule has 0 aliphatic carbocycles. The fourth-order valence-corrected chi connectivity index (χ4v) is 3.56. The van der Waals surface area contributed by atoms with Crippen LogP contribution in [0.4, 0.5) is 10.5 Å². The lowest BCUT2D eigenvalue weighted by Crippen LogP contribution is -2.39. The first-order valence-corrected chi connectivity index (χ1v) is 9.45. The van der Waals surface area contributed by atoms with Gasteiger partial charge in [-0.25, -0.2) is 9.78 Å². The summed E-state index contributed by atoms with van der Waals surface area (Å²) in [7, 11) is 0. The fraction of sp³-hybridized carbons (Fsp3) is 0.136. The number of aromatic nitrogens is 3. The predicted molar refractivity (Wildman–Crippen MR) is 110 cm³/mol. The maximum Gasteiger partial charge on any atom is 0.322 e. The second-order valence-corrected chi connectivity index (χ2v) is 6.94. The van der Waals surface area contributed by atoms with E-state index in [1.54, 1.807) is 11.1 Å². The number of ether oxygens (including phenoxy) is 1. The molecular formula is C22H19N5O2. The topological polar surface area (TPSA) is 83.1 Å². The molecule has 7 heteroatoms. The molecule has 2 amide bonds. The van der Waals surface area contributed by atoms with Gasteiger partial charge in [0.2, 0.25) is 0 Å². The van der Waals surface area contributed by atoms with E-state index in [0.29, 0.717) is 13.1 Å². The summed E-state index contributed by atoms with van der Waals surface area (Å²) in [6.45, 7) is 1.18. The third kappa shape index (κ3) is 3.50. The summed E-state index contributed by atoms with van der Waals surface area (Å²) in [5, 5.41) is 11.0. The van der Waals surface area contributed by atoms with Crippen LogP contribution in [-0.2, 0) is 13.0 Å². The Morgan fingerprint density at radius 1 is 1.03 bits per heavy atom. The van der Waals surface area contributed by atoms with Gasteiger partial charge in [-0.3, -0.25) is 5.10 Å². The Morgan fingerprint density at radius 2 is 1.83 bits per heavy atom. The monoisotopic (exact) mass is 385 g/mol. The number of carbonyl (C=O) groups excluding carboxylic acids is 1. The van der Waals surface area contributed by atoms with Crippen molar-refractivity contribution in [3.05, 3.63) is 78.1 Å². The van der Waals surface area contributed by atoms with E-state index >= 15 is 0 Å². The zero-order chi connectivity index (χ0) is 19.6. The van der Waals surface area contributed by atoms with Crippen LogP contribution in [0.25, 0.3) is 11.0 Å². The number of amides is 2. The molecule has 7 nitrogen and oxygen atoms in total. The lowest BCUT2D eigenvalue weighted by Gasteiger charge is -2.29. The second kappa shape index (κ2) is 7.27. The van der Waals surface area contributed by atoms with E-state index < -0.39 is 0 Å². The van der Waals surface area contributed by atoms with E-state index in [1.807, 2.05) is 60.8 Å². The summed E-state index contributed by atoms with van der Waals surface area (Å²) in [5.74, 6) is 1.49. The highest BCUT2D eigenvalue weighted by molar-refractivity contribution is 5.90. The van der Waals surface area contributed by atoms with Gasteiger partial charge in [-0.2, -0.15) is 5.10 Å². The lowest BCUT2D eigenvalue weighted by molar-refractivity contribution is 0.206. The molecule has 0 atom stereocenters. The molecule has 2 aromatic heterocycles. The van der Waals surface area contributed by atoms with E-state index in [-0.39, 0.29) is 6.03 Å². The highest BCUT2D eigenvalue weighted by Crippen LogP contribution is 2.26. The molecule has 2 aromatic carbocycles. The largest absolute Gasteiger partial charge is 0.457 e. The van der Waals surface area contributed by atoms with Gasteiger partial charge in [0.25, 0.3) is 0 Å². The molecule has 4 aromatic rings. The molecule has 0 saturated carbocycles. The second-order valence-electron chi connectivity index (χ2n) is 6.94. The Morgan fingerprint density at radius 3 is 2.66 bits per heavy atom. The van der Waals surface area contributed by atoms with Crippen LogP contribution in [0.15, 0.2) is 67.0 Å². The molecule has 29 heavy (non-hydrogen) atoms. The molecule has 2 N–H and O–H groups in total. The van der Waals surface area contributed by atoms with Gasteiger partial charge >= 0.3 is 6.03 Å². The minimum Gasteiger partial charge on any atom is -0.457 e. The minimum atomic E-state index is -0.125. The normalized spacial score (nSPS) is 13.2. The number of hydrogen-bond donors (Lipinski definition) is 2. The standard InChI is InChI=1S/C22H19N5O2/c28-22(25-16-6-8-18(9-7-16)29-17-4-2-1-3-5-17)27-11-10-19-15(14-27)12-23-21-20(19)13-24-26-21/h1-9,12-13H,10-11,14H2,(H,25,28)(H,23,24,26). The van der Waals surface area contributed by atoms with Crippen molar-refractivity contribution in [2.24, 2.45) is 0 Å². The first kappa shape index (κ1) is 17.2. The van der Waals surface area contributed by atoms with Gasteiger partial charge in [0.1, 0.15) is 11.5 Å². The van der Waals surface area contributed by atoms with Crippen LogP contribution in [0.2, 0.25) is 0 Å². The minimum absolute atomic E-state index is 0.125. The maximum absolute atomic E-state index is 12.7. The summed E-state index contributed by atoms with van der Waals surface area (Å²) in [6.07, 6.45) is 4.41. The number of nitrogens with zero attached hydrogens (tertiary/aromatic N) is 3. The Balaban J connectivity index is 1.25. The van der Waals surface area contributed by atoms with Crippen LogP contribution in [0.1, 0.15) is 11.1 Å². The summed E-state index contributed by atoms with van der Waals surface area (Å²) in [5.41, 5.74) is 3.80. The van der Waals surface area contributed by atoms with E-state index in [2.05, 4.69) is 20.5 Å². The summed E-state index contributed by atoms with van der Waals surface area (Å²) in [6, 6.07) is 16.8. The Labute approximate surface area is 167 Å². The van der Waals surface area contributed by atoms with E-state index in [1.165, 1.54) is 5.56 Å². The van der Waals surface area contributed by atoms with Gasteiger partial charge in [-0.15, -0.1) is 0 Å². The lowest BCUT2D eigenvalue weighted by atomic mass is 9.99. The van der Waals surface area contributed by atoms with Crippen molar-refractivity contribution < 1.29 is 9.53 Å². The third-order valence-electron chi connectivity index (χ3n) is 5.05. The highest BCUT2D eigenvalue weighted by Gasteiger charge is 2.23. The Hall–Kier alpha value is -3.87. The number of fused-ring (bicyclic) bond motifs is 3. The number of anilines is 1. The van der Waals surface area contributed by atoms with E-state index in [9.17, 15) is 4.79 Å². The number of benzene rings is 2. The number of rotatable bonds is 3. The third-order valence-corrected chi connectivity index (χ3v) is 5.05. The van der Waals surface area contributed by atoms with Gasteiger partial charge in [0.05, 0.1) is 6.20 Å². The molecule has 0 radical (unpaired) electrons. The number of nitrogens with one attached hydrogen (secondary N) is 2. The van der Waals surface area contributed by atoms with Gasteiger partial charge in [0.15, 0.2) is 5.65 Å². The molecule has 0 saturated heterocycles. The molecule has 144 valence electrons. The van der Waals surface area contributed by atoms with Crippen molar-refractivity contribution in [1.29, 1.82) is 0 Å². The molecule has 1 aliphatic rings. The van der Waals surface area contributed by atoms with Crippen LogP contribution in [0.3, 0.4) is 0 Å². The summed E-state index contributed by atoms with van der Waals surface area (Å²) < 4.78 is 5.78. The number of hydrogen-bond acceptors (Lipinski definition) is 4. The summed E-state index contributed by atoms with van der Waals surface area (Å²) in [4.78, 5) is 18.9. The number of H-pyrrole nitrogens is 1. The maximum atomic E-state index is 12.7. The quantitative estimate of drug-likeness (QED) is 0.549. The number of aromatic amines is 1. The van der Waals surface area contributed by atoms with Crippen LogP contribution in [-0.4, -0.2) is 32.7 Å². The molecule has 0 fully saturated rings. The Kier molecular flexibility index (Phi) is 4.32. The highest BCUT2D eigenvalue weighted by atomic mass is 16.5. The predicted octanol–water partition coefficient (Wildman–Crippen LogP) is 4.34. The zero-order valence-electron chi connectivity index (χ0n) is 15.6. The van der Waals surface area contributed by atoms with Crippen molar-refractivity contribution in [3.8, 4) is 11.5 Å². The average Bonchev–Trinajstić information content (AvgIpc) is 3.25. The first-order chi connectivity index (χ1) is 14.3. The van der Waals surface area contributed by atoms with Gasteiger partial charge in [-0.1, -0.05) is 18.2 Å². The SMILES string of the molecule is O=C(Nc1ccc(Oc2ccccc2)cc1)N1CCc2c(cnc3[nH]ncc23)C1. The Bertz CT molecular complexity index is 1160. The molecule has 0 unspecified atom stereocenters. The van der Waals surface area contributed by atoms with Crippen LogP contribution in [0, 0.1) is 0 Å². The van der Waals surface area contributed by atoms with Crippen LogP contribution < -0.4 is 10.1 Å². The molecule has 3 heterocycles. The van der Waals surface area contributed by atoms with E-state index in [0.717, 1.165) is 40.2 Å². The molecule has 5 rings (SSSR count). The van der Waals surface area contributed by atoms with Crippen LogP contribution >= 0.6 is 0 Å². The summed E-state index contributed by atoms with van der Waals surface area (Å²) >= 11 is 0. The average molecular weight is 385 g/mol. The van der Waals surface area contributed by atoms with Gasteiger partial charge in [-0.05, 0) is 53.9 Å². The molecular weight excluding hydrogens is 366 g/mol.